The van der Waals surface area contributed by atoms with Crippen LogP contribution in [-0.4, -0.2) is 24.1 Å². The van der Waals surface area contributed by atoms with Crippen molar-refractivity contribution >= 4 is 11.9 Å². The lowest BCUT2D eigenvalue weighted by Gasteiger charge is -2.64. The SMILES string of the molecule is C=C1C2CCC3C4(C)CCCC(C)(C)C4CCC3(C2)C1OC(=O)CC(=O)OC1C(=C)C2CCC3C4(C)CCCC(C)(C)C4CCC13C2. The van der Waals surface area contributed by atoms with Gasteiger partial charge < -0.3 is 9.47 Å². The van der Waals surface area contributed by atoms with Gasteiger partial charge in [0, 0.05) is 10.8 Å². The first kappa shape index (κ1) is 32.6. The summed E-state index contributed by atoms with van der Waals surface area (Å²) in [5, 5.41) is 0. The highest BCUT2D eigenvalue weighted by atomic mass is 16.6. The van der Waals surface area contributed by atoms with Crippen molar-refractivity contribution < 1.29 is 19.1 Å². The fourth-order valence-electron chi connectivity index (χ4n) is 16.2. The summed E-state index contributed by atoms with van der Waals surface area (Å²) in [6, 6.07) is 0. The Morgan fingerprint density at radius 3 is 1.38 bits per heavy atom. The van der Waals surface area contributed by atoms with E-state index in [-0.39, 0.29) is 40.3 Å². The zero-order valence-corrected chi connectivity index (χ0v) is 30.7. The molecule has 0 N–H and O–H groups in total. The Morgan fingerprint density at radius 1 is 0.574 bits per heavy atom. The monoisotopic (exact) mass is 644 g/mol. The highest BCUT2D eigenvalue weighted by Gasteiger charge is 2.69. The predicted molar refractivity (Wildman–Crippen MR) is 186 cm³/mol. The summed E-state index contributed by atoms with van der Waals surface area (Å²) < 4.78 is 13.0. The summed E-state index contributed by atoms with van der Waals surface area (Å²) in [6.45, 7) is 24.2. The maximum atomic E-state index is 13.8. The Hall–Kier alpha value is -1.58. The van der Waals surface area contributed by atoms with Crippen LogP contribution in [0.25, 0.3) is 0 Å². The summed E-state index contributed by atoms with van der Waals surface area (Å²) >= 11 is 0. The average Bonchev–Trinajstić information content (AvgIpc) is 3.29. The fraction of sp³-hybridized carbons (Fsp3) is 0.860. The van der Waals surface area contributed by atoms with Crippen molar-refractivity contribution in [1.29, 1.82) is 0 Å². The van der Waals surface area contributed by atoms with Crippen LogP contribution in [0.5, 0.6) is 0 Å². The van der Waals surface area contributed by atoms with Gasteiger partial charge in [-0.15, -0.1) is 0 Å². The van der Waals surface area contributed by atoms with Crippen molar-refractivity contribution in [2.75, 3.05) is 0 Å². The highest BCUT2D eigenvalue weighted by Crippen LogP contribution is 2.74. The standard InChI is InChI=1S/C43H64O4/c1-26-28-11-13-32-40(7)19-9-17-38(3,4)30(40)15-21-42(32,24-28)36(26)46-34(44)23-35(45)47-37-27(2)29-12-14-33-41(8)20-10-18-39(5,6)31(41)16-22-43(33,37)25-29/h28-33,36-37H,1-2,9-25H2,3-8H3. The van der Waals surface area contributed by atoms with Crippen molar-refractivity contribution in [2.24, 2.45) is 68.0 Å². The number of esters is 2. The van der Waals surface area contributed by atoms with Crippen LogP contribution in [0.15, 0.2) is 24.3 Å². The first-order chi connectivity index (χ1) is 22.1. The molecule has 0 saturated heterocycles. The number of carbonyl (C=O) groups is 2. The second kappa shape index (κ2) is 10.5. The Labute approximate surface area is 285 Å². The fourth-order valence-corrected chi connectivity index (χ4v) is 16.2. The summed E-state index contributed by atoms with van der Waals surface area (Å²) in [6.07, 6.45) is 18.6. The molecule has 2 spiro atoms. The van der Waals surface area contributed by atoms with Gasteiger partial charge in [0.1, 0.15) is 18.6 Å². The van der Waals surface area contributed by atoms with Crippen LogP contribution in [0.2, 0.25) is 0 Å². The van der Waals surface area contributed by atoms with Crippen LogP contribution < -0.4 is 0 Å². The number of fused-ring (bicyclic) bond motifs is 6. The van der Waals surface area contributed by atoms with Crippen LogP contribution in [0.3, 0.4) is 0 Å². The third-order valence-corrected chi connectivity index (χ3v) is 17.7. The molecule has 12 atom stereocenters. The number of ether oxygens (including phenoxy) is 2. The minimum Gasteiger partial charge on any atom is -0.457 e. The maximum absolute atomic E-state index is 13.8. The van der Waals surface area contributed by atoms with Gasteiger partial charge in [-0.2, -0.15) is 0 Å². The molecule has 260 valence electrons. The Bertz CT molecular complexity index is 1270. The van der Waals surface area contributed by atoms with Crippen molar-refractivity contribution in [1.82, 2.24) is 0 Å². The van der Waals surface area contributed by atoms with E-state index >= 15 is 0 Å². The second-order valence-electron chi connectivity index (χ2n) is 20.5. The van der Waals surface area contributed by atoms with Gasteiger partial charge in [-0.1, -0.05) is 67.5 Å². The van der Waals surface area contributed by atoms with Crippen LogP contribution in [0, 0.1) is 68.0 Å². The van der Waals surface area contributed by atoms with Gasteiger partial charge in [-0.3, -0.25) is 9.59 Å². The van der Waals surface area contributed by atoms with Crippen molar-refractivity contribution in [3.05, 3.63) is 24.3 Å². The van der Waals surface area contributed by atoms with Gasteiger partial charge in [0.25, 0.3) is 0 Å². The molecule has 47 heavy (non-hydrogen) atoms. The molecule has 0 aromatic rings. The van der Waals surface area contributed by atoms with Gasteiger partial charge in [-0.25, -0.2) is 0 Å². The number of carbonyl (C=O) groups excluding carboxylic acids is 2. The highest BCUT2D eigenvalue weighted by molar-refractivity contribution is 5.91. The molecule has 4 nitrogen and oxygen atoms in total. The van der Waals surface area contributed by atoms with Gasteiger partial charge in [-0.05, 0) is 158 Å². The Kier molecular flexibility index (Phi) is 7.27. The first-order valence-electron chi connectivity index (χ1n) is 19.8. The smallest absolute Gasteiger partial charge is 0.317 e. The molecule has 12 unspecified atom stereocenters. The van der Waals surface area contributed by atoms with Gasteiger partial charge in [0.05, 0.1) is 0 Å². The minimum atomic E-state index is -0.414. The molecule has 0 radical (unpaired) electrons. The molecular weight excluding hydrogens is 580 g/mol. The molecule has 8 fully saturated rings. The molecule has 0 heterocycles. The largest absolute Gasteiger partial charge is 0.457 e. The van der Waals surface area contributed by atoms with E-state index in [1.807, 2.05) is 0 Å². The van der Waals surface area contributed by atoms with E-state index in [1.54, 1.807) is 0 Å². The van der Waals surface area contributed by atoms with E-state index in [4.69, 9.17) is 9.47 Å². The second-order valence-corrected chi connectivity index (χ2v) is 20.5. The topological polar surface area (TPSA) is 52.6 Å². The first-order valence-corrected chi connectivity index (χ1v) is 19.8. The molecule has 0 amide bonds. The summed E-state index contributed by atoms with van der Waals surface area (Å²) in [5.74, 6) is 2.58. The van der Waals surface area contributed by atoms with Crippen LogP contribution in [0.4, 0.5) is 0 Å². The van der Waals surface area contributed by atoms with E-state index in [1.165, 1.54) is 64.2 Å². The third kappa shape index (κ3) is 4.42. The molecule has 8 rings (SSSR count). The van der Waals surface area contributed by atoms with E-state index < -0.39 is 11.9 Å². The molecule has 8 aliphatic rings. The molecular formula is C43H64O4. The summed E-state index contributed by atoms with van der Waals surface area (Å²) in [7, 11) is 0. The van der Waals surface area contributed by atoms with Crippen LogP contribution in [-0.2, 0) is 19.1 Å². The minimum absolute atomic E-state index is 0.0247. The molecule has 8 saturated carbocycles. The maximum Gasteiger partial charge on any atom is 0.317 e. The quantitative estimate of drug-likeness (QED) is 0.174. The van der Waals surface area contributed by atoms with Gasteiger partial charge in [0.2, 0.25) is 0 Å². The zero-order chi connectivity index (χ0) is 33.4. The van der Waals surface area contributed by atoms with E-state index in [9.17, 15) is 9.59 Å². The number of hydrogen-bond donors (Lipinski definition) is 0. The molecule has 8 aliphatic carbocycles. The molecule has 4 heteroatoms. The van der Waals surface area contributed by atoms with Gasteiger partial charge >= 0.3 is 11.9 Å². The normalized spacial score (nSPS) is 50.4. The lowest BCUT2D eigenvalue weighted by molar-refractivity contribution is -0.191. The molecule has 0 aliphatic heterocycles. The number of hydrogen-bond acceptors (Lipinski definition) is 4. The van der Waals surface area contributed by atoms with E-state index in [2.05, 4.69) is 54.7 Å². The zero-order valence-electron chi connectivity index (χ0n) is 30.7. The predicted octanol–water partition coefficient (Wildman–Crippen LogP) is 10.4. The van der Waals surface area contributed by atoms with Crippen molar-refractivity contribution in [2.45, 2.75) is 163 Å². The van der Waals surface area contributed by atoms with Crippen molar-refractivity contribution in [3.8, 4) is 0 Å². The third-order valence-electron chi connectivity index (χ3n) is 17.7. The average molecular weight is 645 g/mol. The van der Waals surface area contributed by atoms with Crippen LogP contribution >= 0.6 is 0 Å². The lowest BCUT2D eigenvalue weighted by Crippen LogP contribution is -2.58. The lowest BCUT2D eigenvalue weighted by atomic mass is 9.41. The Balaban J connectivity index is 0.991. The van der Waals surface area contributed by atoms with E-state index in [0.29, 0.717) is 34.5 Å². The molecule has 0 aromatic carbocycles. The summed E-state index contributed by atoms with van der Waals surface area (Å²) in [4.78, 5) is 27.5. The van der Waals surface area contributed by atoms with Gasteiger partial charge in [0.15, 0.2) is 0 Å². The summed E-state index contributed by atoms with van der Waals surface area (Å²) in [5.41, 5.74) is 3.46. The Morgan fingerprint density at radius 2 is 0.979 bits per heavy atom. The van der Waals surface area contributed by atoms with Crippen molar-refractivity contribution in [3.63, 3.8) is 0 Å². The number of rotatable bonds is 4. The van der Waals surface area contributed by atoms with E-state index in [0.717, 1.165) is 61.5 Å². The molecule has 4 bridgehead atoms. The molecule has 0 aromatic heterocycles. The van der Waals surface area contributed by atoms with Crippen LogP contribution in [0.1, 0.15) is 151 Å².